The van der Waals surface area contributed by atoms with Crippen molar-refractivity contribution in [2.24, 2.45) is 7.05 Å². The van der Waals surface area contributed by atoms with Crippen molar-refractivity contribution in [1.29, 1.82) is 0 Å². The monoisotopic (exact) mass is 489 g/mol. The minimum absolute atomic E-state index is 0.125. The van der Waals surface area contributed by atoms with Crippen LogP contribution in [0.1, 0.15) is 26.4 Å². The largest absolute Gasteiger partial charge is 0.497 e. The number of benzene rings is 1. The number of amides is 2. The van der Waals surface area contributed by atoms with Crippen LogP contribution in [0.4, 0.5) is 0 Å². The molecule has 186 valence electrons. The summed E-state index contributed by atoms with van der Waals surface area (Å²) in [5.41, 5.74) is 2.90. The lowest BCUT2D eigenvalue weighted by molar-refractivity contribution is 0.0534. The van der Waals surface area contributed by atoms with Gasteiger partial charge in [-0.2, -0.15) is 5.10 Å². The summed E-state index contributed by atoms with van der Waals surface area (Å²) < 4.78 is 17.8. The van der Waals surface area contributed by atoms with Gasteiger partial charge in [-0.25, -0.2) is 4.98 Å². The van der Waals surface area contributed by atoms with Crippen LogP contribution in [0, 0.1) is 6.92 Å². The number of methoxy groups -OCH3 is 2. The molecule has 36 heavy (non-hydrogen) atoms. The van der Waals surface area contributed by atoms with Gasteiger partial charge in [0.2, 0.25) is 0 Å². The van der Waals surface area contributed by atoms with Gasteiger partial charge in [0, 0.05) is 39.3 Å². The highest BCUT2D eigenvalue weighted by Crippen LogP contribution is 2.29. The Morgan fingerprint density at radius 3 is 2.25 bits per heavy atom. The number of ether oxygens (including phenoxy) is 2. The molecule has 0 atom stereocenters. The maximum absolute atomic E-state index is 13.7. The van der Waals surface area contributed by atoms with E-state index < -0.39 is 0 Å². The third-order valence-electron chi connectivity index (χ3n) is 6.47. The van der Waals surface area contributed by atoms with Crippen LogP contribution in [0.25, 0.3) is 22.5 Å². The standard InChI is InChI=1S/C26H27N5O5/c1-16-23-19(15-20(21-6-5-13-36-21)27-24(23)29(2)28-16)26(33)31-11-9-30(10-12-31)25(32)18-8-7-17(34-3)14-22(18)35-4/h5-8,13-15H,9-12H2,1-4H3. The molecule has 1 fully saturated rings. The maximum atomic E-state index is 13.7. The average molecular weight is 490 g/mol. The minimum atomic E-state index is -0.142. The lowest BCUT2D eigenvalue weighted by Crippen LogP contribution is -2.50. The first-order valence-corrected chi connectivity index (χ1v) is 11.6. The Kier molecular flexibility index (Phi) is 6.09. The molecule has 3 aromatic heterocycles. The zero-order valence-electron chi connectivity index (χ0n) is 20.6. The fourth-order valence-electron chi connectivity index (χ4n) is 4.59. The van der Waals surface area contributed by atoms with Crippen LogP contribution in [-0.4, -0.2) is 76.8 Å². The Labute approximate surface area is 208 Å². The Morgan fingerprint density at radius 1 is 0.944 bits per heavy atom. The van der Waals surface area contributed by atoms with Gasteiger partial charge in [-0.3, -0.25) is 14.3 Å². The number of hydrogen-bond donors (Lipinski definition) is 0. The number of nitrogens with zero attached hydrogens (tertiary/aromatic N) is 5. The maximum Gasteiger partial charge on any atom is 0.257 e. The Balaban J connectivity index is 1.39. The first-order chi connectivity index (χ1) is 17.4. The summed E-state index contributed by atoms with van der Waals surface area (Å²) in [5, 5.41) is 5.20. The molecule has 0 radical (unpaired) electrons. The van der Waals surface area contributed by atoms with Crippen LogP contribution in [0.2, 0.25) is 0 Å². The van der Waals surface area contributed by atoms with E-state index in [-0.39, 0.29) is 11.8 Å². The van der Waals surface area contributed by atoms with Gasteiger partial charge < -0.3 is 23.7 Å². The van der Waals surface area contributed by atoms with Crippen LogP contribution < -0.4 is 9.47 Å². The van der Waals surface area contributed by atoms with Gasteiger partial charge in [-0.15, -0.1) is 0 Å². The highest BCUT2D eigenvalue weighted by molar-refractivity contribution is 6.07. The molecule has 10 heteroatoms. The van der Waals surface area contributed by atoms with E-state index in [1.807, 2.05) is 13.0 Å². The number of carbonyl (C=O) groups is 2. The van der Waals surface area contributed by atoms with Crippen LogP contribution in [0.15, 0.2) is 47.1 Å². The molecule has 1 saturated heterocycles. The van der Waals surface area contributed by atoms with Gasteiger partial charge >= 0.3 is 0 Å². The Hall–Kier alpha value is -4.34. The number of fused-ring (bicyclic) bond motifs is 1. The molecule has 5 rings (SSSR count). The lowest BCUT2D eigenvalue weighted by atomic mass is 10.1. The van der Waals surface area contributed by atoms with E-state index in [9.17, 15) is 9.59 Å². The number of rotatable bonds is 5. The van der Waals surface area contributed by atoms with Gasteiger partial charge in [-0.1, -0.05) is 0 Å². The van der Waals surface area contributed by atoms with Crippen molar-refractivity contribution in [3.63, 3.8) is 0 Å². The molecular formula is C26H27N5O5. The summed E-state index contributed by atoms with van der Waals surface area (Å²) >= 11 is 0. The summed E-state index contributed by atoms with van der Waals surface area (Å²) in [6.07, 6.45) is 1.57. The van der Waals surface area contributed by atoms with E-state index in [0.29, 0.717) is 65.9 Å². The van der Waals surface area contributed by atoms with Crippen molar-refractivity contribution in [2.45, 2.75) is 6.92 Å². The molecule has 0 bridgehead atoms. The second-order valence-corrected chi connectivity index (χ2v) is 8.59. The number of carbonyl (C=O) groups excluding carboxylic acids is 2. The van der Waals surface area contributed by atoms with Crippen molar-refractivity contribution in [3.8, 4) is 23.0 Å². The van der Waals surface area contributed by atoms with Gasteiger partial charge in [0.1, 0.15) is 17.2 Å². The molecule has 10 nitrogen and oxygen atoms in total. The minimum Gasteiger partial charge on any atom is -0.497 e. The number of aryl methyl sites for hydroxylation is 2. The van der Waals surface area contributed by atoms with E-state index in [1.165, 1.54) is 7.11 Å². The number of furan rings is 1. The van der Waals surface area contributed by atoms with Gasteiger partial charge in [0.05, 0.1) is 42.7 Å². The van der Waals surface area contributed by atoms with E-state index >= 15 is 0 Å². The van der Waals surface area contributed by atoms with Crippen LogP contribution >= 0.6 is 0 Å². The highest BCUT2D eigenvalue weighted by Gasteiger charge is 2.29. The molecule has 1 aliphatic rings. The Bertz CT molecular complexity index is 1430. The van der Waals surface area contributed by atoms with E-state index in [4.69, 9.17) is 13.9 Å². The molecule has 4 heterocycles. The second-order valence-electron chi connectivity index (χ2n) is 8.59. The van der Waals surface area contributed by atoms with E-state index in [2.05, 4.69) is 10.1 Å². The number of piperazine rings is 1. The first kappa shape index (κ1) is 23.4. The van der Waals surface area contributed by atoms with Crippen molar-refractivity contribution in [1.82, 2.24) is 24.6 Å². The smallest absolute Gasteiger partial charge is 0.257 e. The zero-order chi connectivity index (χ0) is 25.4. The molecular weight excluding hydrogens is 462 g/mol. The summed E-state index contributed by atoms with van der Waals surface area (Å²) in [5.74, 6) is 1.38. The van der Waals surface area contributed by atoms with Crippen LogP contribution in [-0.2, 0) is 7.05 Å². The first-order valence-electron chi connectivity index (χ1n) is 11.6. The van der Waals surface area contributed by atoms with Crippen molar-refractivity contribution in [2.75, 3.05) is 40.4 Å². The summed E-state index contributed by atoms with van der Waals surface area (Å²) in [7, 11) is 4.89. The van der Waals surface area contributed by atoms with Crippen LogP contribution in [0.3, 0.4) is 0 Å². The fourth-order valence-corrected chi connectivity index (χ4v) is 4.59. The van der Waals surface area contributed by atoms with Crippen molar-refractivity contribution >= 4 is 22.8 Å². The quantitative estimate of drug-likeness (QED) is 0.424. The van der Waals surface area contributed by atoms with Gasteiger partial charge in [0.25, 0.3) is 11.8 Å². The fraction of sp³-hybridized carbons (Fsp3) is 0.308. The molecule has 4 aromatic rings. The molecule has 0 N–H and O–H groups in total. The Morgan fingerprint density at radius 2 is 1.64 bits per heavy atom. The molecule has 0 aliphatic carbocycles. The van der Waals surface area contributed by atoms with Crippen molar-refractivity contribution < 1.29 is 23.5 Å². The third-order valence-corrected chi connectivity index (χ3v) is 6.47. The van der Waals surface area contributed by atoms with E-state index in [0.717, 1.165) is 11.1 Å². The predicted octanol–water partition coefficient (Wildman–Crippen LogP) is 3.15. The number of pyridine rings is 1. The zero-order valence-corrected chi connectivity index (χ0v) is 20.6. The molecule has 2 amide bonds. The van der Waals surface area contributed by atoms with Crippen LogP contribution in [0.5, 0.6) is 11.5 Å². The normalized spacial score (nSPS) is 13.8. The highest BCUT2D eigenvalue weighted by atomic mass is 16.5. The second kappa shape index (κ2) is 9.37. The molecule has 0 unspecified atom stereocenters. The molecule has 1 aromatic carbocycles. The lowest BCUT2D eigenvalue weighted by Gasteiger charge is -2.35. The molecule has 0 spiro atoms. The SMILES string of the molecule is COc1ccc(C(=O)N2CCN(C(=O)c3cc(-c4ccco4)nc4c3c(C)nn4C)CC2)c(OC)c1. The third kappa shape index (κ3) is 4.04. The predicted molar refractivity (Wildman–Crippen MR) is 132 cm³/mol. The number of hydrogen-bond acceptors (Lipinski definition) is 7. The van der Waals surface area contributed by atoms with Gasteiger partial charge in [0.15, 0.2) is 11.4 Å². The number of aromatic nitrogens is 3. The summed E-state index contributed by atoms with van der Waals surface area (Å²) in [6.45, 7) is 3.49. The summed E-state index contributed by atoms with van der Waals surface area (Å²) in [4.78, 5) is 35.1. The topological polar surface area (TPSA) is 103 Å². The summed E-state index contributed by atoms with van der Waals surface area (Å²) in [6, 6.07) is 10.5. The molecule has 0 saturated carbocycles. The van der Waals surface area contributed by atoms with Crippen molar-refractivity contribution in [3.05, 3.63) is 59.5 Å². The average Bonchev–Trinajstić information content (AvgIpc) is 3.55. The molecule has 1 aliphatic heterocycles. The van der Waals surface area contributed by atoms with Gasteiger partial charge in [-0.05, 0) is 37.3 Å². The van der Waals surface area contributed by atoms with E-state index in [1.54, 1.807) is 65.2 Å².